The monoisotopic (exact) mass is 406 g/mol. The van der Waals surface area contributed by atoms with Gasteiger partial charge in [0.2, 0.25) is 17.2 Å². The number of amides is 3. The second-order valence-electron chi connectivity index (χ2n) is 6.84. The minimum Gasteiger partial charge on any atom is -0.360 e. The summed E-state index contributed by atoms with van der Waals surface area (Å²) in [5.41, 5.74) is 1.48. The Bertz CT molecular complexity index is 1170. The van der Waals surface area contributed by atoms with E-state index in [0.29, 0.717) is 23.1 Å². The third-order valence-corrected chi connectivity index (χ3v) is 4.68. The molecule has 3 amide bonds. The second-order valence-corrected chi connectivity index (χ2v) is 6.84. The highest BCUT2D eigenvalue weighted by atomic mass is 16.2. The summed E-state index contributed by atoms with van der Waals surface area (Å²) >= 11 is 0. The molecule has 0 unspecified atom stereocenters. The van der Waals surface area contributed by atoms with Crippen molar-refractivity contribution in [2.24, 2.45) is 0 Å². The minimum absolute atomic E-state index is 0.0648. The molecule has 3 rings (SSSR count). The molecule has 3 aromatic rings. The first-order chi connectivity index (χ1) is 14.4. The van der Waals surface area contributed by atoms with Crippen LogP contribution in [0.4, 0.5) is 5.69 Å². The Morgan fingerprint density at radius 3 is 2.50 bits per heavy atom. The van der Waals surface area contributed by atoms with Crippen molar-refractivity contribution in [1.82, 2.24) is 15.2 Å². The average Bonchev–Trinajstić information content (AvgIpc) is 2.73. The number of nitrogens with zero attached hydrogens (tertiary/aromatic N) is 1. The number of rotatable bonds is 6. The van der Waals surface area contributed by atoms with E-state index in [9.17, 15) is 19.2 Å². The summed E-state index contributed by atoms with van der Waals surface area (Å²) in [4.78, 5) is 53.1. The zero-order chi connectivity index (χ0) is 21.7. The van der Waals surface area contributed by atoms with Crippen molar-refractivity contribution in [3.63, 3.8) is 0 Å². The smallest absolute Gasteiger partial charge is 0.257 e. The maximum atomic E-state index is 12.5. The van der Waals surface area contributed by atoms with E-state index in [2.05, 4.69) is 15.6 Å². The van der Waals surface area contributed by atoms with Crippen LogP contribution in [0.3, 0.4) is 0 Å². The molecule has 154 valence electrons. The van der Waals surface area contributed by atoms with Gasteiger partial charge in [0.1, 0.15) is 5.56 Å². The highest BCUT2D eigenvalue weighted by Crippen LogP contribution is 2.16. The summed E-state index contributed by atoms with van der Waals surface area (Å²) in [5, 5.41) is 5.60. The van der Waals surface area contributed by atoms with Crippen molar-refractivity contribution in [3.05, 3.63) is 76.1 Å². The van der Waals surface area contributed by atoms with Gasteiger partial charge in [0.05, 0.1) is 6.54 Å². The van der Waals surface area contributed by atoms with E-state index in [-0.39, 0.29) is 18.0 Å². The third-order valence-electron chi connectivity index (χ3n) is 4.68. The maximum absolute atomic E-state index is 12.5. The molecule has 2 aromatic carbocycles. The van der Waals surface area contributed by atoms with Gasteiger partial charge >= 0.3 is 0 Å². The molecule has 0 radical (unpaired) electrons. The molecule has 3 N–H and O–H groups in total. The number of anilines is 1. The summed E-state index contributed by atoms with van der Waals surface area (Å²) < 4.78 is 0. The van der Waals surface area contributed by atoms with Gasteiger partial charge in [0.15, 0.2) is 0 Å². The van der Waals surface area contributed by atoms with Crippen LogP contribution in [-0.4, -0.2) is 41.2 Å². The molecular formula is C22H22N4O4. The van der Waals surface area contributed by atoms with E-state index in [1.54, 1.807) is 43.4 Å². The SMILES string of the molecule is CC(=O)N(C)Cc1ccccc1NC(=O)CNC(=O)c1c[nH]c2ccccc2c1=O. The van der Waals surface area contributed by atoms with Crippen LogP contribution in [0.1, 0.15) is 22.8 Å². The molecule has 0 bridgehead atoms. The molecule has 0 aliphatic carbocycles. The van der Waals surface area contributed by atoms with E-state index >= 15 is 0 Å². The number of hydrogen-bond acceptors (Lipinski definition) is 4. The summed E-state index contributed by atoms with van der Waals surface area (Å²) in [6.45, 7) is 1.50. The quantitative estimate of drug-likeness (QED) is 0.580. The van der Waals surface area contributed by atoms with Crippen molar-refractivity contribution in [3.8, 4) is 0 Å². The molecular weight excluding hydrogens is 384 g/mol. The van der Waals surface area contributed by atoms with Crippen LogP contribution in [0.5, 0.6) is 0 Å². The zero-order valence-corrected chi connectivity index (χ0v) is 16.7. The van der Waals surface area contributed by atoms with E-state index in [1.807, 2.05) is 12.1 Å². The Labute approximate surface area is 172 Å². The Morgan fingerprint density at radius 1 is 1.03 bits per heavy atom. The Morgan fingerprint density at radius 2 is 1.73 bits per heavy atom. The average molecular weight is 406 g/mol. The first kappa shape index (κ1) is 20.8. The number of nitrogens with one attached hydrogen (secondary N) is 3. The zero-order valence-electron chi connectivity index (χ0n) is 16.7. The second kappa shape index (κ2) is 9.04. The molecule has 0 fully saturated rings. The van der Waals surface area contributed by atoms with Crippen LogP contribution in [0.25, 0.3) is 10.9 Å². The molecule has 1 aromatic heterocycles. The Hall–Kier alpha value is -3.94. The van der Waals surface area contributed by atoms with Crippen molar-refractivity contribution < 1.29 is 14.4 Å². The van der Waals surface area contributed by atoms with Crippen LogP contribution >= 0.6 is 0 Å². The van der Waals surface area contributed by atoms with E-state index in [0.717, 1.165) is 5.56 Å². The van der Waals surface area contributed by atoms with Crippen LogP contribution in [0.15, 0.2) is 59.5 Å². The largest absolute Gasteiger partial charge is 0.360 e. The van der Waals surface area contributed by atoms with Gasteiger partial charge in [-0.2, -0.15) is 0 Å². The number of fused-ring (bicyclic) bond motifs is 1. The van der Waals surface area contributed by atoms with Gasteiger partial charge in [-0.1, -0.05) is 30.3 Å². The highest BCUT2D eigenvalue weighted by molar-refractivity contribution is 6.01. The normalized spacial score (nSPS) is 10.5. The molecule has 8 nitrogen and oxygen atoms in total. The number of aromatic nitrogens is 1. The number of hydrogen-bond donors (Lipinski definition) is 3. The number of carbonyl (C=O) groups is 3. The van der Waals surface area contributed by atoms with Gasteiger partial charge in [-0.25, -0.2) is 0 Å². The molecule has 30 heavy (non-hydrogen) atoms. The van der Waals surface area contributed by atoms with Crippen molar-refractivity contribution >= 4 is 34.3 Å². The fraction of sp³-hybridized carbons (Fsp3) is 0.182. The number of pyridine rings is 1. The summed E-state index contributed by atoms with van der Waals surface area (Å²) in [6, 6.07) is 14.0. The van der Waals surface area contributed by atoms with Gasteiger partial charge in [-0.3, -0.25) is 19.2 Å². The number of carbonyl (C=O) groups excluding carboxylic acids is 3. The van der Waals surface area contributed by atoms with Gasteiger partial charge in [0, 0.05) is 43.3 Å². The lowest BCUT2D eigenvalue weighted by atomic mass is 10.1. The molecule has 0 saturated carbocycles. The lowest BCUT2D eigenvalue weighted by molar-refractivity contribution is -0.128. The van der Waals surface area contributed by atoms with Crippen molar-refractivity contribution in [2.75, 3.05) is 18.9 Å². The predicted octanol–water partition coefficient (Wildman–Crippen LogP) is 1.87. The number of para-hydroxylation sites is 2. The number of benzene rings is 2. The fourth-order valence-corrected chi connectivity index (χ4v) is 2.93. The summed E-state index contributed by atoms with van der Waals surface area (Å²) in [5.74, 6) is -1.18. The molecule has 0 spiro atoms. The Kier molecular flexibility index (Phi) is 6.26. The topological polar surface area (TPSA) is 111 Å². The molecule has 0 atom stereocenters. The van der Waals surface area contributed by atoms with Crippen LogP contribution in [0.2, 0.25) is 0 Å². The van der Waals surface area contributed by atoms with Gasteiger partial charge in [-0.15, -0.1) is 0 Å². The Balaban J connectivity index is 1.66. The standard InChI is InChI=1S/C22H22N4O4/c1-14(27)26(2)13-15-7-3-5-9-18(15)25-20(28)12-24-22(30)17-11-23-19-10-6-4-8-16(19)21(17)29/h3-11H,12-13H2,1-2H3,(H,23,29)(H,24,30)(H,25,28). The van der Waals surface area contributed by atoms with E-state index < -0.39 is 17.2 Å². The fourth-order valence-electron chi connectivity index (χ4n) is 2.93. The lowest BCUT2D eigenvalue weighted by Crippen LogP contribution is -2.35. The van der Waals surface area contributed by atoms with Crippen molar-refractivity contribution in [2.45, 2.75) is 13.5 Å². The van der Waals surface area contributed by atoms with E-state index in [1.165, 1.54) is 18.0 Å². The predicted molar refractivity (Wildman–Crippen MR) is 114 cm³/mol. The first-order valence-electron chi connectivity index (χ1n) is 9.35. The van der Waals surface area contributed by atoms with Crippen LogP contribution in [-0.2, 0) is 16.1 Å². The van der Waals surface area contributed by atoms with Gasteiger partial charge in [0.25, 0.3) is 5.91 Å². The van der Waals surface area contributed by atoms with E-state index in [4.69, 9.17) is 0 Å². The first-order valence-corrected chi connectivity index (χ1v) is 9.35. The summed E-state index contributed by atoms with van der Waals surface area (Å²) in [7, 11) is 1.67. The lowest BCUT2D eigenvalue weighted by Gasteiger charge is -2.18. The van der Waals surface area contributed by atoms with Crippen molar-refractivity contribution in [1.29, 1.82) is 0 Å². The molecule has 0 aliphatic heterocycles. The third kappa shape index (κ3) is 4.72. The molecule has 0 saturated heterocycles. The highest BCUT2D eigenvalue weighted by Gasteiger charge is 2.15. The number of aromatic amines is 1. The molecule has 0 aliphatic rings. The minimum atomic E-state index is -0.637. The van der Waals surface area contributed by atoms with Gasteiger partial charge < -0.3 is 20.5 Å². The van der Waals surface area contributed by atoms with Crippen LogP contribution < -0.4 is 16.1 Å². The van der Waals surface area contributed by atoms with Crippen LogP contribution in [0, 0.1) is 0 Å². The molecule has 1 heterocycles. The van der Waals surface area contributed by atoms with Gasteiger partial charge in [-0.05, 0) is 23.8 Å². The maximum Gasteiger partial charge on any atom is 0.257 e. The summed E-state index contributed by atoms with van der Waals surface area (Å²) in [6.07, 6.45) is 1.34. The molecule has 8 heteroatoms. The number of H-pyrrole nitrogens is 1.